The first kappa shape index (κ1) is 10.5. The van der Waals surface area contributed by atoms with Crippen molar-refractivity contribution in [2.75, 3.05) is 13.2 Å². The number of hydrogen-bond donors (Lipinski definition) is 3. The second-order valence-corrected chi connectivity index (χ2v) is 4.18. The second kappa shape index (κ2) is 4.07. The molecule has 0 saturated carbocycles. The highest BCUT2D eigenvalue weighted by molar-refractivity contribution is 5.82. The molecule has 0 bridgehead atoms. The molecule has 13 heavy (non-hydrogen) atoms. The molecule has 1 atom stereocenters. The fraction of sp³-hybridized carbons (Fsp3) is 0.889. The number of rotatable bonds is 3. The fourth-order valence-corrected chi connectivity index (χ4v) is 1.37. The number of hydrogen-bond acceptors (Lipinski definition) is 3. The van der Waals surface area contributed by atoms with Gasteiger partial charge in [-0.1, -0.05) is 0 Å². The van der Waals surface area contributed by atoms with E-state index in [0.717, 1.165) is 19.4 Å². The first-order valence-electron chi connectivity index (χ1n) is 4.71. The van der Waals surface area contributed by atoms with Crippen molar-refractivity contribution >= 4 is 5.91 Å². The Bertz CT molecular complexity index is 186. The summed E-state index contributed by atoms with van der Waals surface area (Å²) < 4.78 is 0. The van der Waals surface area contributed by atoms with E-state index in [0.29, 0.717) is 0 Å². The molecule has 1 fully saturated rings. The Morgan fingerprint density at radius 1 is 1.69 bits per heavy atom. The number of amides is 1. The predicted molar refractivity (Wildman–Crippen MR) is 50.3 cm³/mol. The molecule has 0 radical (unpaired) electrons. The third-order valence-corrected chi connectivity index (χ3v) is 2.23. The van der Waals surface area contributed by atoms with Crippen molar-refractivity contribution < 1.29 is 9.90 Å². The van der Waals surface area contributed by atoms with E-state index in [1.54, 1.807) is 13.8 Å². The molecular weight excluding hydrogens is 168 g/mol. The number of aliphatic hydroxyl groups excluding tert-OH is 1. The smallest absolute Gasteiger partial charge is 0.237 e. The van der Waals surface area contributed by atoms with Crippen molar-refractivity contribution in [2.24, 2.45) is 0 Å². The SMILES string of the molecule is CC(C)(CO)NC(=O)C1CCCN1. The van der Waals surface area contributed by atoms with E-state index in [-0.39, 0.29) is 18.6 Å². The van der Waals surface area contributed by atoms with Gasteiger partial charge in [0.15, 0.2) is 0 Å². The molecule has 1 unspecified atom stereocenters. The summed E-state index contributed by atoms with van der Waals surface area (Å²) in [5.41, 5.74) is -0.513. The Morgan fingerprint density at radius 3 is 2.85 bits per heavy atom. The van der Waals surface area contributed by atoms with Crippen molar-refractivity contribution in [3.05, 3.63) is 0 Å². The average molecular weight is 186 g/mol. The highest BCUT2D eigenvalue weighted by atomic mass is 16.3. The molecule has 1 aliphatic heterocycles. The van der Waals surface area contributed by atoms with Crippen molar-refractivity contribution in [1.29, 1.82) is 0 Å². The van der Waals surface area contributed by atoms with Gasteiger partial charge in [-0.15, -0.1) is 0 Å². The number of carbonyl (C=O) groups excluding carboxylic acids is 1. The number of aliphatic hydroxyl groups is 1. The molecule has 4 heteroatoms. The van der Waals surface area contributed by atoms with Crippen molar-refractivity contribution in [2.45, 2.75) is 38.3 Å². The zero-order chi connectivity index (χ0) is 9.90. The van der Waals surface area contributed by atoms with Crippen LogP contribution in [0.3, 0.4) is 0 Å². The Morgan fingerprint density at radius 2 is 2.38 bits per heavy atom. The van der Waals surface area contributed by atoms with Gasteiger partial charge < -0.3 is 15.7 Å². The molecule has 0 spiro atoms. The van der Waals surface area contributed by atoms with Crippen LogP contribution in [0.4, 0.5) is 0 Å². The zero-order valence-electron chi connectivity index (χ0n) is 8.26. The third kappa shape index (κ3) is 2.97. The summed E-state index contributed by atoms with van der Waals surface area (Å²) in [6, 6.07) is -0.0641. The van der Waals surface area contributed by atoms with Crippen LogP contribution >= 0.6 is 0 Å². The first-order chi connectivity index (χ1) is 6.05. The van der Waals surface area contributed by atoms with Gasteiger partial charge in [-0.25, -0.2) is 0 Å². The third-order valence-electron chi connectivity index (χ3n) is 2.23. The number of nitrogens with one attached hydrogen (secondary N) is 2. The minimum atomic E-state index is -0.513. The van der Waals surface area contributed by atoms with Crippen LogP contribution in [0.15, 0.2) is 0 Å². The van der Waals surface area contributed by atoms with E-state index in [4.69, 9.17) is 5.11 Å². The Balaban J connectivity index is 2.40. The minimum absolute atomic E-state index is 0.00319. The van der Waals surface area contributed by atoms with Crippen LogP contribution in [0.25, 0.3) is 0 Å². The lowest BCUT2D eigenvalue weighted by molar-refractivity contribution is -0.124. The quantitative estimate of drug-likeness (QED) is 0.563. The molecule has 0 aliphatic carbocycles. The maximum atomic E-state index is 11.5. The summed E-state index contributed by atoms with van der Waals surface area (Å²) in [7, 11) is 0. The van der Waals surface area contributed by atoms with Gasteiger partial charge in [0.2, 0.25) is 5.91 Å². The number of carbonyl (C=O) groups is 1. The molecule has 1 amide bonds. The van der Waals surface area contributed by atoms with E-state index >= 15 is 0 Å². The molecule has 0 aromatic rings. The molecule has 76 valence electrons. The molecule has 0 aromatic heterocycles. The van der Waals surface area contributed by atoms with Gasteiger partial charge in [0.1, 0.15) is 0 Å². The Hall–Kier alpha value is -0.610. The normalized spacial score (nSPS) is 23.2. The highest BCUT2D eigenvalue weighted by Crippen LogP contribution is 2.07. The maximum Gasteiger partial charge on any atom is 0.237 e. The summed E-state index contributed by atoms with van der Waals surface area (Å²) in [5, 5.41) is 14.9. The molecule has 1 saturated heterocycles. The lowest BCUT2D eigenvalue weighted by atomic mass is 10.1. The van der Waals surface area contributed by atoms with Gasteiger partial charge in [-0.05, 0) is 33.2 Å². The first-order valence-corrected chi connectivity index (χ1v) is 4.71. The van der Waals surface area contributed by atoms with Gasteiger partial charge in [-0.3, -0.25) is 4.79 Å². The van der Waals surface area contributed by atoms with Crippen LogP contribution in [-0.2, 0) is 4.79 Å². The lowest BCUT2D eigenvalue weighted by Crippen LogP contribution is -2.52. The molecule has 4 nitrogen and oxygen atoms in total. The maximum absolute atomic E-state index is 11.5. The second-order valence-electron chi connectivity index (χ2n) is 4.18. The van der Waals surface area contributed by atoms with Gasteiger partial charge in [-0.2, -0.15) is 0 Å². The van der Waals surface area contributed by atoms with E-state index in [9.17, 15) is 4.79 Å². The fourth-order valence-electron chi connectivity index (χ4n) is 1.37. The van der Waals surface area contributed by atoms with Crippen molar-refractivity contribution in [3.8, 4) is 0 Å². The van der Waals surface area contributed by atoms with E-state index in [2.05, 4.69) is 10.6 Å². The minimum Gasteiger partial charge on any atom is -0.394 e. The summed E-state index contributed by atoms with van der Waals surface area (Å²) in [6.45, 7) is 4.49. The van der Waals surface area contributed by atoms with Gasteiger partial charge >= 0.3 is 0 Å². The standard InChI is InChI=1S/C9H18N2O2/c1-9(2,6-12)11-8(13)7-4-3-5-10-7/h7,10,12H,3-6H2,1-2H3,(H,11,13). The van der Waals surface area contributed by atoms with Crippen LogP contribution in [0.5, 0.6) is 0 Å². The summed E-state index contributed by atoms with van der Waals surface area (Å²) in [6.07, 6.45) is 1.95. The average Bonchev–Trinajstić information content (AvgIpc) is 2.55. The molecule has 0 aromatic carbocycles. The van der Waals surface area contributed by atoms with Crippen LogP contribution in [0.1, 0.15) is 26.7 Å². The Labute approximate surface area is 78.7 Å². The molecule has 1 heterocycles. The predicted octanol–water partition coefficient (Wildman–Crippen LogP) is -0.374. The van der Waals surface area contributed by atoms with Crippen molar-refractivity contribution in [3.63, 3.8) is 0 Å². The monoisotopic (exact) mass is 186 g/mol. The van der Waals surface area contributed by atoms with Gasteiger partial charge in [0.25, 0.3) is 0 Å². The van der Waals surface area contributed by atoms with E-state index < -0.39 is 5.54 Å². The van der Waals surface area contributed by atoms with Crippen molar-refractivity contribution in [1.82, 2.24) is 10.6 Å². The highest BCUT2D eigenvalue weighted by Gasteiger charge is 2.26. The lowest BCUT2D eigenvalue weighted by Gasteiger charge is -2.25. The zero-order valence-corrected chi connectivity index (χ0v) is 8.26. The van der Waals surface area contributed by atoms with Gasteiger partial charge in [0, 0.05) is 0 Å². The molecular formula is C9H18N2O2. The summed E-state index contributed by atoms with van der Waals surface area (Å²) >= 11 is 0. The summed E-state index contributed by atoms with van der Waals surface area (Å²) in [4.78, 5) is 11.5. The summed E-state index contributed by atoms with van der Waals surface area (Å²) in [5.74, 6) is -0.00319. The largest absolute Gasteiger partial charge is 0.394 e. The van der Waals surface area contributed by atoms with Crippen LogP contribution < -0.4 is 10.6 Å². The Kier molecular flexibility index (Phi) is 3.27. The topological polar surface area (TPSA) is 61.4 Å². The van der Waals surface area contributed by atoms with Crippen LogP contribution in [0.2, 0.25) is 0 Å². The van der Waals surface area contributed by atoms with E-state index in [1.807, 2.05) is 0 Å². The molecule has 1 aliphatic rings. The van der Waals surface area contributed by atoms with Crippen LogP contribution in [-0.4, -0.2) is 35.7 Å². The molecule has 3 N–H and O–H groups in total. The molecule has 1 rings (SSSR count). The van der Waals surface area contributed by atoms with E-state index in [1.165, 1.54) is 0 Å². The van der Waals surface area contributed by atoms with Gasteiger partial charge in [0.05, 0.1) is 18.2 Å². The van der Waals surface area contributed by atoms with Crippen LogP contribution in [0, 0.1) is 0 Å².